The molecule has 0 aliphatic rings. The molecule has 0 saturated heterocycles. The van der Waals surface area contributed by atoms with Gasteiger partial charge in [-0.05, 0) is 59.5 Å². The number of para-hydroxylation sites is 1. The van der Waals surface area contributed by atoms with Gasteiger partial charge < -0.3 is 0 Å². The lowest BCUT2D eigenvalue weighted by Gasteiger charge is -2.05. The molecule has 0 spiro atoms. The summed E-state index contributed by atoms with van der Waals surface area (Å²) < 4.78 is 2.07. The van der Waals surface area contributed by atoms with Crippen LogP contribution in [0.1, 0.15) is 33.9 Å². The van der Waals surface area contributed by atoms with Crippen LogP contribution >= 0.6 is 38.6 Å². The molecule has 8 heteroatoms. The summed E-state index contributed by atoms with van der Waals surface area (Å²) >= 11 is 6.31. The Morgan fingerprint density at radius 2 is 1.88 bits per heavy atom. The van der Waals surface area contributed by atoms with E-state index in [4.69, 9.17) is 0 Å². The molecule has 130 valence electrons. The topological polar surface area (TPSA) is 71.1 Å². The molecule has 0 fully saturated rings. The highest BCUT2D eigenvalue weighted by molar-refractivity contribution is 9.11. The average molecular weight is 438 g/mol. The minimum atomic E-state index is -0.307. The van der Waals surface area contributed by atoms with E-state index < -0.39 is 0 Å². The number of nitrogens with zero attached hydrogens (tertiary/aromatic N) is 1. The lowest BCUT2D eigenvalue weighted by atomic mass is 10.2. The third-order valence-corrected chi connectivity index (χ3v) is 6.21. The summed E-state index contributed by atoms with van der Waals surface area (Å²) in [5, 5.41) is 1.10. The van der Waals surface area contributed by atoms with Gasteiger partial charge in [-0.15, -0.1) is 22.7 Å². The molecular weight excluding hydrogens is 422 g/mol. The van der Waals surface area contributed by atoms with Gasteiger partial charge in [0.05, 0.1) is 23.9 Å². The number of amides is 2. The number of unbranched alkanes of at least 4 members (excludes halogenated alkanes) is 1. The lowest BCUT2D eigenvalue weighted by Crippen LogP contribution is -2.41. The lowest BCUT2D eigenvalue weighted by molar-refractivity contribution is -0.121. The number of halogens is 1. The standard InChI is InChI=1S/C17H16BrN3O2S2/c18-14-10-9-13(24-14)17(23)21-20-15(22)7-3-4-8-16-19-11-5-1-2-6-12(11)25-16/h1-2,5-6,9-10H,3-4,7-8H2,(H,20,22)(H,21,23). The second-order valence-corrected chi connectivity index (χ2v) is 8.97. The van der Waals surface area contributed by atoms with Gasteiger partial charge in [0, 0.05) is 6.42 Å². The number of hydrogen-bond donors (Lipinski definition) is 2. The molecule has 2 heterocycles. The SMILES string of the molecule is O=C(CCCCc1nc2ccccc2s1)NNC(=O)c1ccc(Br)s1. The van der Waals surface area contributed by atoms with Crippen molar-refractivity contribution < 1.29 is 9.59 Å². The van der Waals surface area contributed by atoms with Gasteiger partial charge in [-0.25, -0.2) is 4.98 Å². The number of nitrogens with one attached hydrogen (secondary N) is 2. The third-order valence-electron chi connectivity index (χ3n) is 3.50. The molecule has 0 aliphatic heterocycles. The van der Waals surface area contributed by atoms with Crippen molar-refractivity contribution in [3.05, 3.63) is 50.1 Å². The molecular formula is C17H16BrN3O2S2. The van der Waals surface area contributed by atoms with Crippen LogP contribution in [0, 0.1) is 0 Å². The Hall–Kier alpha value is -1.77. The smallest absolute Gasteiger partial charge is 0.273 e. The van der Waals surface area contributed by atoms with E-state index in [0.717, 1.165) is 33.6 Å². The van der Waals surface area contributed by atoms with E-state index in [-0.39, 0.29) is 11.8 Å². The van der Waals surface area contributed by atoms with Crippen LogP contribution in [0.2, 0.25) is 0 Å². The molecule has 3 aromatic rings. The number of rotatable bonds is 6. The van der Waals surface area contributed by atoms with Crippen molar-refractivity contribution in [2.45, 2.75) is 25.7 Å². The number of hydrazine groups is 1. The van der Waals surface area contributed by atoms with Crippen LogP contribution in [-0.2, 0) is 11.2 Å². The molecule has 2 aromatic heterocycles. The second-order valence-electron chi connectivity index (χ2n) is 5.39. The van der Waals surface area contributed by atoms with Gasteiger partial charge in [-0.2, -0.15) is 0 Å². The summed E-state index contributed by atoms with van der Waals surface area (Å²) in [7, 11) is 0. The third kappa shape index (κ3) is 5.10. The molecule has 0 unspecified atom stereocenters. The Kier molecular flexibility index (Phi) is 6.17. The van der Waals surface area contributed by atoms with E-state index in [2.05, 4.69) is 37.8 Å². The van der Waals surface area contributed by atoms with Gasteiger partial charge in [0.1, 0.15) is 0 Å². The predicted octanol–water partition coefficient (Wildman–Crippen LogP) is 4.29. The highest BCUT2D eigenvalue weighted by atomic mass is 79.9. The Bertz CT molecular complexity index is 858. The quantitative estimate of drug-likeness (QED) is 0.446. The molecule has 25 heavy (non-hydrogen) atoms. The van der Waals surface area contributed by atoms with Gasteiger partial charge in [-0.1, -0.05) is 12.1 Å². The molecule has 5 nitrogen and oxygen atoms in total. The van der Waals surface area contributed by atoms with E-state index >= 15 is 0 Å². The van der Waals surface area contributed by atoms with E-state index in [0.29, 0.717) is 11.3 Å². The number of thiazole rings is 1. The van der Waals surface area contributed by atoms with Crippen molar-refractivity contribution in [3.8, 4) is 0 Å². The minimum absolute atomic E-state index is 0.187. The summed E-state index contributed by atoms with van der Waals surface area (Å²) in [6, 6.07) is 11.6. The molecule has 3 rings (SSSR count). The fourth-order valence-corrected chi connectivity index (χ4v) is 4.57. The number of thiophene rings is 1. The maximum Gasteiger partial charge on any atom is 0.279 e. The van der Waals surface area contributed by atoms with Crippen LogP contribution in [0.25, 0.3) is 10.2 Å². The van der Waals surface area contributed by atoms with Crippen LogP contribution in [0.4, 0.5) is 0 Å². The number of benzene rings is 1. The fourth-order valence-electron chi connectivity index (χ4n) is 2.28. The first-order valence-electron chi connectivity index (χ1n) is 7.81. The van der Waals surface area contributed by atoms with Crippen molar-refractivity contribution in [3.63, 3.8) is 0 Å². The zero-order valence-electron chi connectivity index (χ0n) is 13.3. The summed E-state index contributed by atoms with van der Waals surface area (Å²) in [6.45, 7) is 0. The Morgan fingerprint density at radius 1 is 1.04 bits per heavy atom. The van der Waals surface area contributed by atoms with Gasteiger partial charge in [-0.3, -0.25) is 20.4 Å². The number of carbonyl (C=O) groups is 2. The van der Waals surface area contributed by atoms with E-state index in [1.807, 2.05) is 18.2 Å². The maximum absolute atomic E-state index is 11.8. The van der Waals surface area contributed by atoms with Crippen molar-refractivity contribution in [2.24, 2.45) is 0 Å². The normalized spacial score (nSPS) is 10.8. The van der Waals surface area contributed by atoms with Crippen LogP contribution < -0.4 is 10.9 Å². The Balaban J connectivity index is 1.35. The van der Waals surface area contributed by atoms with Gasteiger partial charge in [0.2, 0.25) is 5.91 Å². The highest BCUT2D eigenvalue weighted by Crippen LogP contribution is 2.23. The predicted molar refractivity (Wildman–Crippen MR) is 105 cm³/mol. The monoisotopic (exact) mass is 437 g/mol. The first kappa shape index (κ1) is 18.0. The molecule has 0 radical (unpaired) electrons. The largest absolute Gasteiger partial charge is 0.279 e. The minimum Gasteiger partial charge on any atom is -0.273 e. The maximum atomic E-state index is 11.8. The molecule has 0 atom stereocenters. The first-order valence-corrected chi connectivity index (χ1v) is 10.2. The van der Waals surface area contributed by atoms with Crippen LogP contribution in [0.3, 0.4) is 0 Å². The molecule has 0 aliphatic carbocycles. The molecule has 1 aromatic carbocycles. The van der Waals surface area contributed by atoms with Crippen LogP contribution in [0.15, 0.2) is 40.2 Å². The number of hydrogen-bond acceptors (Lipinski definition) is 5. The molecule has 2 amide bonds. The Labute approximate surface area is 161 Å². The van der Waals surface area contributed by atoms with E-state index in [9.17, 15) is 9.59 Å². The second kappa shape index (κ2) is 8.55. The van der Waals surface area contributed by atoms with Crippen molar-refractivity contribution in [1.29, 1.82) is 0 Å². The fraction of sp³-hybridized carbons (Fsp3) is 0.235. The highest BCUT2D eigenvalue weighted by Gasteiger charge is 2.10. The van der Waals surface area contributed by atoms with E-state index in [1.165, 1.54) is 16.0 Å². The Morgan fingerprint density at radius 3 is 2.64 bits per heavy atom. The number of aromatic nitrogens is 1. The number of carbonyl (C=O) groups excluding carboxylic acids is 2. The van der Waals surface area contributed by atoms with E-state index in [1.54, 1.807) is 23.5 Å². The zero-order valence-corrected chi connectivity index (χ0v) is 16.5. The van der Waals surface area contributed by atoms with Crippen molar-refractivity contribution >= 4 is 60.6 Å². The first-order chi connectivity index (χ1) is 12.1. The summed E-state index contributed by atoms with van der Waals surface area (Å²) in [5.74, 6) is -0.494. The van der Waals surface area contributed by atoms with Crippen LogP contribution in [0.5, 0.6) is 0 Å². The zero-order chi connectivity index (χ0) is 17.6. The number of aryl methyl sites for hydroxylation is 1. The van der Waals surface area contributed by atoms with Gasteiger partial charge in [0.15, 0.2) is 0 Å². The van der Waals surface area contributed by atoms with Crippen molar-refractivity contribution in [2.75, 3.05) is 0 Å². The molecule has 0 saturated carbocycles. The van der Waals surface area contributed by atoms with Crippen molar-refractivity contribution in [1.82, 2.24) is 15.8 Å². The van der Waals surface area contributed by atoms with Gasteiger partial charge >= 0.3 is 0 Å². The summed E-state index contributed by atoms with van der Waals surface area (Å²) in [6.07, 6.45) is 2.88. The van der Waals surface area contributed by atoms with Gasteiger partial charge in [0.25, 0.3) is 5.91 Å². The van der Waals surface area contributed by atoms with Crippen LogP contribution in [-0.4, -0.2) is 16.8 Å². The molecule has 2 N–H and O–H groups in total. The molecule has 0 bridgehead atoms. The summed E-state index contributed by atoms with van der Waals surface area (Å²) in [5.41, 5.74) is 5.91. The summed E-state index contributed by atoms with van der Waals surface area (Å²) in [4.78, 5) is 28.7. The average Bonchev–Trinajstić information content (AvgIpc) is 3.22. The number of fused-ring (bicyclic) bond motifs is 1.